The minimum Gasteiger partial charge on any atom is -0.456 e. The minimum atomic E-state index is 0.275. The van der Waals surface area contributed by atoms with Gasteiger partial charge in [0, 0.05) is 39.3 Å². The van der Waals surface area contributed by atoms with E-state index in [2.05, 4.69) is 115 Å². The van der Waals surface area contributed by atoms with Crippen molar-refractivity contribution in [3.05, 3.63) is 158 Å². The molecule has 0 saturated heterocycles. The maximum Gasteiger partial charge on any atom is 0.164 e. The van der Waals surface area contributed by atoms with Crippen molar-refractivity contribution in [2.24, 2.45) is 11.8 Å². The van der Waals surface area contributed by atoms with E-state index in [1.165, 1.54) is 16.5 Å². The highest BCUT2D eigenvalue weighted by molar-refractivity contribution is 6.11. The van der Waals surface area contributed by atoms with Gasteiger partial charge in [0.05, 0.1) is 0 Å². The number of fused-ring (bicyclic) bond motifs is 5. The summed E-state index contributed by atoms with van der Waals surface area (Å²) in [7, 11) is 0. The van der Waals surface area contributed by atoms with Gasteiger partial charge in [0.2, 0.25) is 0 Å². The Balaban J connectivity index is 1.24. The van der Waals surface area contributed by atoms with Crippen molar-refractivity contribution in [1.29, 1.82) is 0 Å². The molecular formula is C41H27N3O. The average molecular weight is 578 g/mol. The number of allylic oxidation sites excluding steroid dienone is 8. The maximum atomic E-state index is 6.22. The van der Waals surface area contributed by atoms with E-state index in [4.69, 9.17) is 19.4 Å². The first-order valence-electron chi connectivity index (χ1n) is 15.3. The Labute approximate surface area is 260 Å². The van der Waals surface area contributed by atoms with E-state index in [1.807, 2.05) is 36.4 Å². The summed E-state index contributed by atoms with van der Waals surface area (Å²) in [6.07, 6.45) is 15.4. The molecule has 0 bridgehead atoms. The molecule has 4 nitrogen and oxygen atoms in total. The molecule has 0 saturated carbocycles. The van der Waals surface area contributed by atoms with Crippen LogP contribution in [0, 0.1) is 11.8 Å². The third-order valence-corrected chi connectivity index (χ3v) is 8.83. The molecule has 2 aliphatic rings. The zero-order valence-electron chi connectivity index (χ0n) is 24.3. The summed E-state index contributed by atoms with van der Waals surface area (Å²) in [5, 5.41) is 4.36. The van der Waals surface area contributed by atoms with Gasteiger partial charge in [0.15, 0.2) is 17.5 Å². The van der Waals surface area contributed by atoms with E-state index in [-0.39, 0.29) is 5.92 Å². The van der Waals surface area contributed by atoms with Crippen LogP contribution in [0.2, 0.25) is 0 Å². The van der Waals surface area contributed by atoms with Crippen molar-refractivity contribution in [3.63, 3.8) is 0 Å². The van der Waals surface area contributed by atoms with E-state index >= 15 is 0 Å². The Hall–Kier alpha value is -5.87. The van der Waals surface area contributed by atoms with Crippen LogP contribution in [0.4, 0.5) is 0 Å². The van der Waals surface area contributed by atoms with Gasteiger partial charge >= 0.3 is 0 Å². The Morgan fingerprint density at radius 1 is 0.511 bits per heavy atom. The van der Waals surface area contributed by atoms with Crippen LogP contribution in [-0.4, -0.2) is 15.0 Å². The minimum absolute atomic E-state index is 0.275. The summed E-state index contributed by atoms with van der Waals surface area (Å²) in [6, 6.07) is 37.7. The Morgan fingerprint density at radius 3 is 2.16 bits per heavy atom. The lowest BCUT2D eigenvalue weighted by atomic mass is 9.83. The summed E-state index contributed by atoms with van der Waals surface area (Å²) < 4.78 is 6.22. The average Bonchev–Trinajstić information content (AvgIpc) is 3.50. The normalized spacial score (nSPS) is 17.2. The lowest BCUT2D eigenvalue weighted by Crippen LogP contribution is -2.12. The van der Waals surface area contributed by atoms with E-state index in [0.717, 1.165) is 44.0 Å². The van der Waals surface area contributed by atoms with Gasteiger partial charge in [-0.1, -0.05) is 127 Å². The zero-order valence-corrected chi connectivity index (χ0v) is 24.3. The fourth-order valence-corrected chi connectivity index (χ4v) is 6.54. The molecule has 4 heteroatoms. The molecule has 45 heavy (non-hydrogen) atoms. The molecule has 0 fully saturated rings. The van der Waals surface area contributed by atoms with Gasteiger partial charge in [-0.2, -0.15) is 0 Å². The lowest BCUT2D eigenvalue weighted by molar-refractivity contribution is 0.662. The second-order valence-corrected chi connectivity index (χ2v) is 11.6. The highest BCUT2D eigenvalue weighted by Gasteiger charge is 2.22. The summed E-state index contributed by atoms with van der Waals surface area (Å²) >= 11 is 0. The number of benzene rings is 5. The van der Waals surface area contributed by atoms with Gasteiger partial charge < -0.3 is 4.42 Å². The van der Waals surface area contributed by atoms with Crippen LogP contribution in [0.1, 0.15) is 5.82 Å². The Bertz CT molecular complexity index is 2390. The first-order chi connectivity index (χ1) is 22.3. The van der Waals surface area contributed by atoms with Crippen LogP contribution in [0.15, 0.2) is 156 Å². The van der Waals surface area contributed by atoms with Crippen LogP contribution in [0.25, 0.3) is 72.2 Å². The monoisotopic (exact) mass is 577 g/mol. The predicted molar refractivity (Wildman–Crippen MR) is 183 cm³/mol. The van der Waals surface area contributed by atoms with Crippen molar-refractivity contribution < 1.29 is 4.42 Å². The van der Waals surface area contributed by atoms with Crippen molar-refractivity contribution in [2.45, 2.75) is 0 Å². The SMILES string of the molecule is C1=CC2C=CC(c3nc(-c4ccc5ccc(-c6ccccc6)cc5c4)nc(-c4cccc5oc6ccccc6c45)n3)=CC2C=C1. The molecule has 2 heterocycles. The predicted octanol–water partition coefficient (Wildman–Crippen LogP) is 10.2. The number of hydrogen-bond acceptors (Lipinski definition) is 4. The standard InChI is InChI=1S/C41H27N3O/c1-2-9-26(10-3-1)30-20-17-28-19-22-32(25-33(28)24-30)40-42-39(31-21-18-27-11-4-5-12-29(27)23-31)43-41(44-40)35-14-8-16-37-38(35)34-13-6-7-15-36(34)45-37/h1-25,27,29H. The molecule has 0 N–H and O–H groups in total. The number of nitrogens with zero attached hydrogens (tertiary/aromatic N) is 3. The van der Waals surface area contributed by atoms with Gasteiger partial charge in [-0.05, 0) is 46.2 Å². The van der Waals surface area contributed by atoms with Gasteiger partial charge in [-0.3, -0.25) is 0 Å². The van der Waals surface area contributed by atoms with Gasteiger partial charge in [-0.25, -0.2) is 15.0 Å². The molecule has 9 rings (SSSR count). The molecular weight excluding hydrogens is 550 g/mol. The van der Waals surface area contributed by atoms with E-state index in [1.54, 1.807) is 0 Å². The lowest BCUT2D eigenvalue weighted by Gasteiger charge is -2.22. The van der Waals surface area contributed by atoms with Gasteiger partial charge in [0.1, 0.15) is 11.2 Å². The first kappa shape index (κ1) is 25.6. The molecule has 2 atom stereocenters. The molecule has 0 spiro atoms. The fraction of sp³-hybridized carbons (Fsp3) is 0.0488. The van der Waals surface area contributed by atoms with E-state index < -0.39 is 0 Å². The molecule has 212 valence electrons. The smallest absolute Gasteiger partial charge is 0.164 e. The zero-order chi connectivity index (χ0) is 29.7. The third-order valence-electron chi connectivity index (χ3n) is 8.83. The molecule has 7 aromatic rings. The van der Waals surface area contributed by atoms with Crippen molar-refractivity contribution in [2.75, 3.05) is 0 Å². The fourth-order valence-electron chi connectivity index (χ4n) is 6.54. The van der Waals surface area contributed by atoms with Gasteiger partial charge in [-0.15, -0.1) is 0 Å². The topological polar surface area (TPSA) is 51.8 Å². The molecule has 2 unspecified atom stereocenters. The summed E-state index contributed by atoms with van der Waals surface area (Å²) in [5.74, 6) is 2.56. The van der Waals surface area contributed by atoms with E-state index in [0.29, 0.717) is 23.4 Å². The quantitative estimate of drug-likeness (QED) is 0.209. The van der Waals surface area contributed by atoms with Crippen LogP contribution >= 0.6 is 0 Å². The van der Waals surface area contributed by atoms with Crippen molar-refractivity contribution in [3.8, 4) is 33.9 Å². The highest BCUT2D eigenvalue weighted by atomic mass is 16.3. The third kappa shape index (κ3) is 4.50. The first-order valence-corrected chi connectivity index (χ1v) is 15.3. The second kappa shape index (κ2) is 10.4. The van der Waals surface area contributed by atoms with Crippen molar-refractivity contribution in [1.82, 2.24) is 15.0 Å². The molecule has 2 aliphatic carbocycles. The Kier molecular flexibility index (Phi) is 5.91. The number of para-hydroxylation sites is 1. The van der Waals surface area contributed by atoms with Crippen LogP contribution in [-0.2, 0) is 0 Å². The maximum absolute atomic E-state index is 6.22. The van der Waals surface area contributed by atoms with Crippen molar-refractivity contribution >= 4 is 38.3 Å². The highest BCUT2D eigenvalue weighted by Crippen LogP contribution is 2.37. The number of furan rings is 1. The second-order valence-electron chi connectivity index (χ2n) is 11.6. The molecule has 0 aliphatic heterocycles. The van der Waals surface area contributed by atoms with Crippen LogP contribution in [0.5, 0.6) is 0 Å². The van der Waals surface area contributed by atoms with E-state index in [9.17, 15) is 0 Å². The van der Waals surface area contributed by atoms with Crippen LogP contribution in [0.3, 0.4) is 0 Å². The number of rotatable bonds is 4. The molecule has 2 aromatic heterocycles. The molecule has 0 amide bonds. The Morgan fingerprint density at radius 2 is 1.24 bits per heavy atom. The summed E-state index contributed by atoms with van der Waals surface area (Å²) in [4.78, 5) is 15.4. The molecule has 0 radical (unpaired) electrons. The molecule has 5 aromatic carbocycles. The summed E-state index contributed by atoms with van der Waals surface area (Å²) in [5.41, 5.74) is 6.90. The van der Waals surface area contributed by atoms with Gasteiger partial charge in [0.25, 0.3) is 0 Å². The largest absolute Gasteiger partial charge is 0.456 e. The number of hydrogen-bond donors (Lipinski definition) is 0. The summed E-state index contributed by atoms with van der Waals surface area (Å²) in [6.45, 7) is 0. The number of aromatic nitrogens is 3. The van der Waals surface area contributed by atoms with Crippen LogP contribution < -0.4 is 0 Å².